The van der Waals surface area contributed by atoms with Crippen LogP contribution < -0.4 is 5.73 Å². The van der Waals surface area contributed by atoms with Crippen LogP contribution in [0.15, 0.2) is 18.3 Å². The smallest absolute Gasteiger partial charge is 0.0588 e. The Kier molecular flexibility index (Phi) is 8.55. The molecular formula is C9H15Cl3N2. The third-order valence-electron chi connectivity index (χ3n) is 1.80. The number of halogens is 3. The lowest BCUT2D eigenvalue weighted by atomic mass is 10.0. The van der Waals surface area contributed by atoms with Crippen molar-refractivity contribution in [1.29, 1.82) is 0 Å². The Balaban J connectivity index is 0. The van der Waals surface area contributed by atoms with Crippen LogP contribution >= 0.6 is 36.4 Å². The first kappa shape index (κ1) is 16.4. The first-order valence-electron chi connectivity index (χ1n) is 3.98. The summed E-state index contributed by atoms with van der Waals surface area (Å²) in [5, 5.41) is 0.691. The van der Waals surface area contributed by atoms with Gasteiger partial charge in [-0.05, 0) is 18.1 Å². The van der Waals surface area contributed by atoms with E-state index in [9.17, 15) is 0 Å². The summed E-state index contributed by atoms with van der Waals surface area (Å²) in [5.41, 5.74) is 6.74. The van der Waals surface area contributed by atoms with Crippen LogP contribution in [0, 0.1) is 5.92 Å². The molecule has 1 aromatic rings. The lowest BCUT2D eigenvalue weighted by Crippen LogP contribution is -2.17. The van der Waals surface area contributed by atoms with Gasteiger partial charge in [-0.25, -0.2) is 0 Å². The molecule has 0 saturated carbocycles. The molecule has 1 unspecified atom stereocenters. The molecule has 0 amide bonds. The molecule has 0 radical (unpaired) electrons. The summed E-state index contributed by atoms with van der Waals surface area (Å²) in [6, 6.07) is 3.54. The normalized spacial score (nSPS) is 11.5. The second-order valence-corrected chi connectivity index (χ2v) is 3.61. The molecule has 1 aromatic heterocycles. The Morgan fingerprint density at radius 3 is 2.36 bits per heavy atom. The minimum atomic E-state index is -0.0244. The second kappa shape index (κ2) is 7.30. The van der Waals surface area contributed by atoms with Crippen molar-refractivity contribution >= 4 is 36.4 Å². The maximum atomic E-state index is 5.89. The standard InChI is InChI=1S/C9H13ClN2.2ClH/c1-6(2)9(11)8-5-7(10)3-4-12-8;;/h3-6,9H,11H2,1-2H3;2*1H. The summed E-state index contributed by atoms with van der Waals surface area (Å²) in [5.74, 6) is 0.385. The SMILES string of the molecule is CC(C)C(N)c1cc(Cl)ccn1.Cl.Cl. The van der Waals surface area contributed by atoms with Gasteiger partial charge in [0, 0.05) is 17.3 Å². The lowest BCUT2D eigenvalue weighted by molar-refractivity contribution is 0.503. The van der Waals surface area contributed by atoms with Gasteiger partial charge in [-0.2, -0.15) is 0 Å². The van der Waals surface area contributed by atoms with Gasteiger partial charge in [-0.15, -0.1) is 24.8 Å². The highest BCUT2D eigenvalue weighted by molar-refractivity contribution is 6.30. The van der Waals surface area contributed by atoms with E-state index in [1.807, 2.05) is 6.07 Å². The van der Waals surface area contributed by atoms with Crippen LogP contribution in [0.25, 0.3) is 0 Å². The monoisotopic (exact) mass is 256 g/mol. The largest absolute Gasteiger partial charge is 0.322 e. The van der Waals surface area contributed by atoms with E-state index in [0.29, 0.717) is 10.9 Å². The van der Waals surface area contributed by atoms with E-state index < -0.39 is 0 Å². The van der Waals surface area contributed by atoms with Crippen LogP contribution in [0.5, 0.6) is 0 Å². The Morgan fingerprint density at radius 1 is 1.36 bits per heavy atom. The molecule has 0 saturated heterocycles. The molecule has 1 heterocycles. The summed E-state index contributed by atoms with van der Waals surface area (Å²) < 4.78 is 0. The Labute approximate surface area is 102 Å². The number of rotatable bonds is 2. The van der Waals surface area contributed by atoms with E-state index in [-0.39, 0.29) is 30.9 Å². The number of hydrogen-bond donors (Lipinski definition) is 1. The van der Waals surface area contributed by atoms with E-state index in [1.165, 1.54) is 0 Å². The fourth-order valence-electron chi connectivity index (χ4n) is 0.945. The van der Waals surface area contributed by atoms with Gasteiger partial charge >= 0.3 is 0 Å². The molecule has 0 spiro atoms. The molecule has 0 aliphatic rings. The molecule has 0 bridgehead atoms. The first-order valence-corrected chi connectivity index (χ1v) is 4.36. The van der Waals surface area contributed by atoms with Crippen LogP contribution in [0.1, 0.15) is 25.6 Å². The average Bonchev–Trinajstić information content (AvgIpc) is 2.03. The molecule has 14 heavy (non-hydrogen) atoms. The van der Waals surface area contributed by atoms with Gasteiger partial charge in [0.15, 0.2) is 0 Å². The highest BCUT2D eigenvalue weighted by atomic mass is 35.5. The second-order valence-electron chi connectivity index (χ2n) is 3.17. The first-order chi connectivity index (χ1) is 5.61. The zero-order valence-corrected chi connectivity index (χ0v) is 10.5. The molecule has 0 fully saturated rings. The van der Waals surface area contributed by atoms with Crippen LogP contribution in [-0.2, 0) is 0 Å². The molecule has 0 aliphatic carbocycles. The maximum Gasteiger partial charge on any atom is 0.0588 e. The number of pyridine rings is 1. The van der Waals surface area contributed by atoms with Gasteiger partial charge in [0.05, 0.1) is 5.69 Å². The molecule has 2 nitrogen and oxygen atoms in total. The molecule has 1 rings (SSSR count). The van der Waals surface area contributed by atoms with Crippen LogP contribution in [-0.4, -0.2) is 4.98 Å². The van der Waals surface area contributed by atoms with E-state index in [4.69, 9.17) is 17.3 Å². The van der Waals surface area contributed by atoms with Gasteiger partial charge in [-0.1, -0.05) is 25.4 Å². The van der Waals surface area contributed by atoms with Gasteiger partial charge in [0.1, 0.15) is 0 Å². The summed E-state index contributed by atoms with van der Waals surface area (Å²) in [6.45, 7) is 4.13. The van der Waals surface area contributed by atoms with Crippen LogP contribution in [0.3, 0.4) is 0 Å². The zero-order chi connectivity index (χ0) is 9.14. The van der Waals surface area contributed by atoms with Gasteiger partial charge in [0.2, 0.25) is 0 Å². The van der Waals surface area contributed by atoms with Gasteiger partial charge in [-0.3, -0.25) is 4.98 Å². The fourth-order valence-corrected chi connectivity index (χ4v) is 1.11. The van der Waals surface area contributed by atoms with Crippen molar-refractivity contribution in [3.8, 4) is 0 Å². The summed E-state index contributed by atoms with van der Waals surface area (Å²) >= 11 is 5.80. The van der Waals surface area contributed by atoms with E-state index >= 15 is 0 Å². The molecule has 2 N–H and O–H groups in total. The molecule has 0 aromatic carbocycles. The minimum Gasteiger partial charge on any atom is -0.322 e. The van der Waals surface area contributed by atoms with Gasteiger partial charge in [0.25, 0.3) is 0 Å². The van der Waals surface area contributed by atoms with Crippen molar-refractivity contribution < 1.29 is 0 Å². The maximum absolute atomic E-state index is 5.89. The Morgan fingerprint density at radius 2 is 1.93 bits per heavy atom. The third kappa shape index (κ3) is 4.47. The van der Waals surface area contributed by atoms with Crippen molar-refractivity contribution in [3.63, 3.8) is 0 Å². The van der Waals surface area contributed by atoms with Gasteiger partial charge < -0.3 is 5.73 Å². The predicted molar refractivity (Wildman–Crippen MR) is 65.5 cm³/mol. The van der Waals surface area contributed by atoms with Crippen molar-refractivity contribution in [2.75, 3.05) is 0 Å². The van der Waals surface area contributed by atoms with Crippen molar-refractivity contribution in [3.05, 3.63) is 29.0 Å². The minimum absolute atomic E-state index is 0. The number of hydrogen-bond acceptors (Lipinski definition) is 2. The average molecular weight is 258 g/mol. The molecule has 0 aliphatic heterocycles. The molecular weight excluding hydrogens is 242 g/mol. The van der Waals surface area contributed by atoms with E-state index in [0.717, 1.165) is 5.69 Å². The number of aromatic nitrogens is 1. The molecule has 5 heteroatoms. The van der Waals surface area contributed by atoms with E-state index in [2.05, 4.69) is 18.8 Å². The van der Waals surface area contributed by atoms with Crippen LogP contribution in [0.4, 0.5) is 0 Å². The Bertz CT molecular complexity index is 266. The van der Waals surface area contributed by atoms with Crippen molar-refractivity contribution in [2.24, 2.45) is 11.7 Å². The number of nitrogens with two attached hydrogens (primary N) is 1. The van der Waals surface area contributed by atoms with Crippen molar-refractivity contribution in [1.82, 2.24) is 4.98 Å². The Hall–Kier alpha value is -0.0200. The predicted octanol–water partition coefficient (Wildman–Crippen LogP) is 3.23. The third-order valence-corrected chi connectivity index (χ3v) is 2.04. The topological polar surface area (TPSA) is 38.9 Å². The van der Waals surface area contributed by atoms with Crippen LogP contribution in [0.2, 0.25) is 5.02 Å². The zero-order valence-electron chi connectivity index (χ0n) is 8.11. The number of nitrogens with zero attached hydrogens (tertiary/aromatic N) is 1. The highest BCUT2D eigenvalue weighted by Gasteiger charge is 2.11. The van der Waals surface area contributed by atoms with E-state index in [1.54, 1.807) is 12.3 Å². The summed E-state index contributed by atoms with van der Waals surface area (Å²) in [6.07, 6.45) is 1.68. The quantitative estimate of drug-likeness (QED) is 0.883. The molecule has 82 valence electrons. The highest BCUT2D eigenvalue weighted by Crippen LogP contribution is 2.18. The lowest BCUT2D eigenvalue weighted by Gasteiger charge is -2.14. The molecule has 1 atom stereocenters. The fraction of sp³-hybridized carbons (Fsp3) is 0.444. The van der Waals surface area contributed by atoms with Crippen molar-refractivity contribution in [2.45, 2.75) is 19.9 Å². The summed E-state index contributed by atoms with van der Waals surface area (Å²) in [4.78, 5) is 4.15. The summed E-state index contributed by atoms with van der Waals surface area (Å²) in [7, 11) is 0.